The molecular formula is C24H41NO3. The van der Waals surface area contributed by atoms with E-state index in [2.05, 4.69) is 51.2 Å². The van der Waals surface area contributed by atoms with Gasteiger partial charge < -0.3 is 20.3 Å². The summed E-state index contributed by atoms with van der Waals surface area (Å²) in [6, 6.07) is 0. The minimum atomic E-state index is -0.702. The molecule has 0 spiro atoms. The van der Waals surface area contributed by atoms with Crippen LogP contribution in [0, 0.1) is 11.8 Å². The highest BCUT2D eigenvalue weighted by atomic mass is 16.5. The molecule has 0 aromatic carbocycles. The van der Waals surface area contributed by atoms with Crippen LogP contribution < -0.4 is 5.32 Å². The molecule has 1 rings (SSSR count). The predicted molar refractivity (Wildman–Crippen MR) is 118 cm³/mol. The van der Waals surface area contributed by atoms with E-state index < -0.39 is 12.2 Å². The van der Waals surface area contributed by atoms with Crippen molar-refractivity contribution < 1.29 is 14.9 Å². The first kappa shape index (κ1) is 24.5. The Kier molecular flexibility index (Phi) is 10.6. The zero-order valence-electron chi connectivity index (χ0n) is 18.9. The number of aliphatic hydroxyl groups excluding tert-OH is 2. The lowest BCUT2D eigenvalue weighted by Crippen LogP contribution is -2.45. The highest BCUT2D eigenvalue weighted by Gasteiger charge is 2.40. The van der Waals surface area contributed by atoms with E-state index in [1.54, 1.807) is 14.2 Å². The lowest BCUT2D eigenvalue weighted by Gasteiger charge is -2.38. The van der Waals surface area contributed by atoms with Crippen molar-refractivity contribution in [1.82, 2.24) is 5.32 Å². The van der Waals surface area contributed by atoms with Gasteiger partial charge in [0.15, 0.2) is 0 Å². The molecule has 0 aliphatic heterocycles. The van der Waals surface area contributed by atoms with Crippen LogP contribution in [0.5, 0.6) is 0 Å². The van der Waals surface area contributed by atoms with E-state index >= 15 is 0 Å². The van der Waals surface area contributed by atoms with Gasteiger partial charge in [0.05, 0.1) is 18.9 Å². The van der Waals surface area contributed by atoms with Crippen molar-refractivity contribution >= 4 is 0 Å². The Morgan fingerprint density at radius 2 is 1.54 bits per heavy atom. The van der Waals surface area contributed by atoms with Gasteiger partial charge in [-0.3, -0.25) is 0 Å². The zero-order valence-corrected chi connectivity index (χ0v) is 18.9. The van der Waals surface area contributed by atoms with Crippen molar-refractivity contribution in [3.05, 3.63) is 46.4 Å². The van der Waals surface area contributed by atoms with Crippen LogP contribution in [0.25, 0.3) is 0 Å². The molecule has 28 heavy (non-hydrogen) atoms. The molecule has 0 saturated carbocycles. The fourth-order valence-corrected chi connectivity index (χ4v) is 3.81. The Bertz CT molecular complexity index is 611. The molecule has 0 radical (unpaired) electrons. The summed E-state index contributed by atoms with van der Waals surface area (Å²) in [4.78, 5) is 0. The molecule has 4 unspecified atom stereocenters. The average Bonchev–Trinajstić information content (AvgIpc) is 2.64. The molecule has 0 fully saturated rings. The molecule has 3 N–H and O–H groups in total. The fraction of sp³-hybridized carbons (Fsp3) is 0.667. The van der Waals surface area contributed by atoms with Crippen LogP contribution in [0.4, 0.5) is 0 Å². The summed E-state index contributed by atoms with van der Waals surface area (Å²) in [5.74, 6) is 0.357. The monoisotopic (exact) mass is 391 g/mol. The maximum Gasteiger partial charge on any atom is 0.146 e. The van der Waals surface area contributed by atoms with Gasteiger partial charge in [0, 0.05) is 13.0 Å². The van der Waals surface area contributed by atoms with E-state index in [0.717, 1.165) is 32.1 Å². The number of ether oxygens (including phenoxy) is 1. The number of hydrogen-bond acceptors (Lipinski definition) is 4. The van der Waals surface area contributed by atoms with Crippen LogP contribution in [0.1, 0.15) is 66.7 Å². The van der Waals surface area contributed by atoms with Crippen LogP contribution in [0.3, 0.4) is 0 Å². The highest BCUT2D eigenvalue weighted by Crippen LogP contribution is 2.36. The summed E-state index contributed by atoms with van der Waals surface area (Å²) < 4.78 is 5.38. The van der Waals surface area contributed by atoms with Crippen molar-refractivity contribution in [2.75, 3.05) is 14.2 Å². The van der Waals surface area contributed by atoms with E-state index in [4.69, 9.17) is 4.74 Å². The van der Waals surface area contributed by atoms with E-state index in [1.165, 1.54) is 16.7 Å². The normalized spacial score (nSPS) is 26.3. The predicted octanol–water partition coefficient (Wildman–Crippen LogP) is 4.86. The average molecular weight is 392 g/mol. The van der Waals surface area contributed by atoms with Crippen LogP contribution in [-0.2, 0) is 4.74 Å². The first-order valence-corrected chi connectivity index (χ1v) is 10.5. The van der Waals surface area contributed by atoms with Crippen molar-refractivity contribution in [2.45, 2.75) is 78.9 Å². The summed E-state index contributed by atoms with van der Waals surface area (Å²) >= 11 is 0. The van der Waals surface area contributed by atoms with Crippen LogP contribution in [-0.4, -0.2) is 36.6 Å². The fourth-order valence-electron chi connectivity index (χ4n) is 3.81. The number of aliphatic hydroxyl groups is 2. The standard InChI is InChI=1S/C24H41NO3/c1-16(2)10-8-11-17(3)12-9-13-18(4)14-15-20-19(5)22(26)21(25-6)24(28-7)23(20)27/h10,12,14,19-20,22-23,25-27H,8-9,11,13,15H2,1-7H3/b17-12+,18-14+. The number of hydrogen-bond donors (Lipinski definition) is 3. The van der Waals surface area contributed by atoms with Crippen molar-refractivity contribution in [3.8, 4) is 0 Å². The Labute approximate surface area is 172 Å². The Balaban J connectivity index is 2.62. The third-order valence-corrected chi connectivity index (χ3v) is 5.76. The van der Waals surface area contributed by atoms with E-state index in [-0.39, 0.29) is 11.8 Å². The molecule has 0 saturated heterocycles. The number of rotatable bonds is 10. The second kappa shape index (κ2) is 12.1. The smallest absolute Gasteiger partial charge is 0.146 e. The summed E-state index contributed by atoms with van der Waals surface area (Å²) in [6.07, 6.45) is 10.5. The number of allylic oxidation sites excluding steroid dienone is 6. The quantitative estimate of drug-likeness (QED) is 0.465. The van der Waals surface area contributed by atoms with E-state index in [9.17, 15) is 10.2 Å². The molecule has 4 heteroatoms. The van der Waals surface area contributed by atoms with Gasteiger partial charge in [-0.1, -0.05) is 41.9 Å². The molecule has 1 aliphatic carbocycles. The molecule has 0 bridgehead atoms. The first-order chi connectivity index (χ1) is 13.2. The Morgan fingerprint density at radius 1 is 0.964 bits per heavy atom. The molecular weight excluding hydrogens is 350 g/mol. The minimum absolute atomic E-state index is 0.0439. The van der Waals surface area contributed by atoms with Gasteiger partial charge in [0.2, 0.25) is 0 Å². The third-order valence-electron chi connectivity index (χ3n) is 5.76. The number of nitrogens with one attached hydrogen (secondary N) is 1. The Hall–Kier alpha value is -1.52. The van der Waals surface area contributed by atoms with Crippen LogP contribution >= 0.6 is 0 Å². The second-order valence-corrected chi connectivity index (χ2v) is 8.34. The summed E-state index contributed by atoms with van der Waals surface area (Å²) in [7, 11) is 3.29. The lowest BCUT2D eigenvalue weighted by molar-refractivity contribution is -0.00913. The van der Waals surface area contributed by atoms with Gasteiger partial charge >= 0.3 is 0 Å². The van der Waals surface area contributed by atoms with E-state index in [0.29, 0.717) is 11.5 Å². The van der Waals surface area contributed by atoms with Gasteiger partial charge in [-0.15, -0.1) is 0 Å². The molecule has 0 heterocycles. The molecule has 0 aromatic heterocycles. The van der Waals surface area contributed by atoms with E-state index in [1.807, 2.05) is 6.92 Å². The third kappa shape index (κ3) is 7.14. The molecule has 4 nitrogen and oxygen atoms in total. The van der Waals surface area contributed by atoms with Crippen LogP contribution in [0.2, 0.25) is 0 Å². The first-order valence-electron chi connectivity index (χ1n) is 10.5. The summed E-state index contributed by atoms with van der Waals surface area (Å²) in [5, 5.41) is 24.3. The Morgan fingerprint density at radius 3 is 2.07 bits per heavy atom. The summed E-state index contributed by atoms with van der Waals surface area (Å²) in [6.45, 7) is 10.6. The number of methoxy groups -OCH3 is 1. The molecule has 0 amide bonds. The van der Waals surface area contributed by atoms with Gasteiger partial charge in [-0.25, -0.2) is 0 Å². The molecule has 4 atom stereocenters. The summed E-state index contributed by atoms with van der Waals surface area (Å²) in [5.41, 5.74) is 4.74. The van der Waals surface area contributed by atoms with Crippen molar-refractivity contribution in [1.29, 1.82) is 0 Å². The number of likely N-dealkylation sites (N-methyl/N-ethyl adjacent to an activating group) is 1. The molecule has 1 aliphatic rings. The van der Waals surface area contributed by atoms with Gasteiger partial charge in [-0.2, -0.15) is 0 Å². The molecule has 160 valence electrons. The highest BCUT2D eigenvalue weighted by molar-refractivity contribution is 5.22. The maximum atomic E-state index is 10.7. The minimum Gasteiger partial charge on any atom is -0.496 e. The lowest BCUT2D eigenvalue weighted by atomic mass is 9.75. The topological polar surface area (TPSA) is 61.7 Å². The maximum absolute atomic E-state index is 10.7. The van der Waals surface area contributed by atoms with Gasteiger partial charge in [0.1, 0.15) is 11.9 Å². The van der Waals surface area contributed by atoms with Crippen molar-refractivity contribution in [3.63, 3.8) is 0 Å². The van der Waals surface area contributed by atoms with Gasteiger partial charge in [0.25, 0.3) is 0 Å². The SMILES string of the molecule is CNC1=C(OC)C(O)C(C/C=C(\C)CC/C=C(\C)CCC=C(C)C)C(C)C1O. The van der Waals surface area contributed by atoms with Gasteiger partial charge in [-0.05, 0) is 65.7 Å². The zero-order chi connectivity index (χ0) is 21.3. The molecule has 0 aromatic rings. The van der Waals surface area contributed by atoms with Crippen molar-refractivity contribution in [2.24, 2.45) is 11.8 Å². The van der Waals surface area contributed by atoms with Crippen LogP contribution in [0.15, 0.2) is 46.4 Å². The largest absolute Gasteiger partial charge is 0.496 e. The second-order valence-electron chi connectivity index (χ2n) is 8.34.